The van der Waals surface area contributed by atoms with Crippen LogP contribution in [0.1, 0.15) is 89.6 Å². The van der Waals surface area contributed by atoms with Gasteiger partial charge >= 0.3 is 46.9 Å². The number of hydrogen-bond acceptors (Lipinski definition) is 22. The lowest BCUT2D eigenvalue weighted by molar-refractivity contribution is -0.152. The van der Waals surface area contributed by atoms with Gasteiger partial charge in [-0.2, -0.15) is 21.6 Å². The van der Waals surface area contributed by atoms with Crippen LogP contribution >= 0.6 is 46.9 Å². The van der Waals surface area contributed by atoms with E-state index in [-0.39, 0.29) is 67.7 Å². The molecule has 5 saturated heterocycles. The maximum atomic E-state index is 14.0. The Labute approximate surface area is 425 Å². The molecule has 0 spiro atoms. The molecular formula is C35H56N8O26P6. The zero-order valence-electron chi connectivity index (χ0n) is 39.8. The van der Waals surface area contributed by atoms with Crippen molar-refractivity contribution in [3.63, 3.8) is 0 Å². The molecule has 7 rings (SSSR count). The number of aromatic nitrogens is 4. The molecule has 2 aromatic rings. The maximum absolute atomic E-state index is 14.0. The largest absolute Gasteiger partial charge is 0.490 e. The first-order valence-electron chi connectivity index (χ1n) is 23.2. The number of rotatable bonds is 21. The van der Waals surface area contributed by atoms with E-state index in [0.29, 0.717) is 64.5 Å². The molecule has 8 N–H and O–H groups in total. The molecule has 12 atom stereocenters. The molecule has 75 heavy (non-hydrogen) atoms. The third-order valence-corrected chi connectivity index (χ3v) is 21.8. The van der Waals surface area contributed by atoms with Crippen LogP contribution in [-0.2, 0) is 81.9 Å². The van der Waals surface area contributed by atoms with E-state index in [1.807, 2.05) is 6.92 Å². The molecule has 0 aliphatic carbocycles. The standard InChI is InChI=1S/C35H56N8O26P6/c1-3-7-28(45)40-13-4-9-24(40)34(48)42-15-6-10-25(42)35(49)41-14-5-8-23(41)33(47)39-16-11-22(12-17-39)64-71(52,53)66-73(56,57)68-75(60,61)69-74(58,59)67-72(54,55)65-70(50,51)62-19-27-26(44)18-29(63-27)43-20-36-30-31(43)37-21(2)38-32(30)46/h20,22-27,29,44H,3-19H2,1-2H3,(H,50,51)(H,52,53)(H,54,55)(H,56,57)(H,58,59)(H,60,61)(H,37,38,46)/t23-,24-,25-,26+,27+,29+/m0/s1. The number of H-pyrrole nitrogens is 1. The molecule has 40 heteroatoms. The number of phosphoric acid groups is 6. The first kappa shape index (κ1) is 59.7. The number of imidazole rings is 1. The molecular weight excluding hydrogens is 1130 g/mol. The molecule has 4 amide bonds. The minimum absolute atomic E-state index is 0.0536. The fraction of sp³-hybridized carbons (Fsp3) is 0.743. The zero-order valence-corrected chi connectivity index (χ0v) is 45.2. The minimum atomic E-state index is -6.56. The molecule has 5 aliphatic rings. The normalized spacial score (nSPS) is 28.6. The van der Waals surface area contributed by atoms with Gasteiger partial charge in [0.1, 0.15) is 36.3 Å². The van der Waals surface area contributed by atoms with Gasteiger partial charge in [-0.1, -0.05) is 6.92 Å². The van der Waals surface area contributed by atoms with Gasteiger partial charge in [-0.15, -0.1) is 0 Å². The summed E-state index contributed by atoms with van der Waals surface area (Å²) in [6.07, 6.45) is -0.933. The highest BCUT2D eigenvalue weighted by Crippen LogP contribution is 2.75. The van der Waals surface area contributed by atoms with Crippen LogP contribution in [0, 0.1) is 6.92 Å². The molecule has 34 nitrogen and oxygen atoms in total. The van der Waals surface area contributed by atoms with Gasteiger partial charge in [0, 0.05) is 45.6 Å². The number of nitrogens with one attached hydrogen (secondary N) is 1. The summed E-state index contributed by atoms with van der Waals surface area (Å²) in [6, 6.07) is -2.39. The fourth-order valence-corrected chi connectivity index (χ4v) is 17.5. The summed E-state index contributed by atoms with van der Waals surface area (Å²) < 4.78 is 111. The number of ether oxygens (including phenoxy) is 1. The predicted octanol–water partition coefficient (Wildman–Crippen LogP) is 1.56. The lowest BCUT2D eigenvalue weighted by atomic mass is 10.1. The Morgan fingerprint density at radius 3 is 1.71 bits per heavy atom. The van der Waals surface area contributed by atoms with E-state index in [0.717, 1.165) is 0 Å². The Balaban J connectivity index is 0.851. The van der Waals surface area contributed by atoms with Crippen LogP contribution in [0.4, 0.5) is 0 Å². The molecule has 0 saturated carbocycles. The third-order valence-electron chi connectivity index (χ3n) is 12.5. The zero-order chi connectivity index (χ0) is 55.1. The molecule has 2 aromatic heterocycles. The Morgan fingerprint density at radius 2 is 1.17 bits per heavy atom. The summed E-state index contributed by atoms with van der Waals surface area (Å²) >= 11 is 0. The van der Waals surface area contributed by atoms with E-state index in [1.54, 1.807) is 4.90 Å². The van der Waals surface area contributed by atoms with Crippen LogP contribution in [0.2, 0.25) is 0 Å². The van der Waals surface area contributed by atoms with Crippen molar-refractivity contribution in [1.29, 1.82) is 0 Å². The second-order valence-electron chi connectivity index (χ2n) is 17.9. The fourth-order valence-electron chi connectivity index (χ4n) is 9.42. The summed E-state index contributed by atoms with van der Waals surface area (Å²) in [6.45, 7) is 3.04. The van der Waals surface area contributed by atoms with E-state index in [9.17, 15) is 85.8 Å². The third kappa shape index (κ3) is 15.0. The average Bonchev–Trinajstić information content (AvgIpc) is 4.13. The van der Waals surface area contributed by atoms with Crippen molar-refractivity contribution in [3.8, 4) is 0 Å². The average molecular weight is 1190 g/mol. The lowest BCUT2D eigenvalue weighted by Crippen LogP contribution is -2.56. The van der Waals surface area contributed by atoms with Gasteiger partial charge in [0.25, 0.3) is 5.56 Å². The van der Waals surface area contributed by atoms with Crippen molar-refractivity contribution in [2.45, 2.75) is 127 Å². The monoisotopic (exact) mass is 1190 g/mol. The van der Waals surface area contributed by atoms with Crippen molar-refractivity contribution in [3.05, 3.63) is 22.5 Å². The summed E-state index contributed by atoms with van der Waals surface area (Å²) in [7, 11) is -37.5. The number of likely N-dealkylation sites (tertiary alicyclic amines) is 4. The SMILES string of the molecule is CCCC(=O)N1CCC[C@H]1C(=O)N1CCC[C@H]1C(=O)N1CCC[C@H]1C(=O)N1CCC(OP(=O)(O)OP(=O)(O)OP(=O)(O)OP(=O)(O)OP(=O)(O)OP(=O)(O)OC[C@H]2O[C@@H](n3cnc4c(=O)[nH]c(C)nc43)C[C@H]2O)CC1. The molecule has 6 unspecified atom stereocenters. The second kappa shape index (κ2) is 23.4. The van der Waals surface area contributed by atoms with E-state index in [1.165, 1.54) is 32.5 Å². The van der Waals surface area contributed by atoms with E-state index in [4.69, 9.17) is 9.26 Å². The first-order valence-corrected chi connectivity index (χ1v) is 32.2. The summed E-state index contributed by atoms with van der Waals surface area (Å²) in [5.74, 6) is -1.07. The van der Waals surface area contributed by atoms with Gasteiger partial charge in [0.15, 0.2) is 11.2 Å². The van der Waals surface area contributed by atoms with Gasteiger partial charge in [-0.25, -0.2) is 37.4 Å². The number of aromatic amines is 1. The molecule has 7 heterocycles. The van der Waals surface area contributed by atoms with Gasteiger partial charge < -0.3 is 63.8 Å². The van der Waals surface area contributed by atoms with Crippen LogP contribution < -0.4 is 5.56 Å². The predicted molar refractivity (Wildman–Crippen MR) is 248 cm³/mol. The van der Waals surface area contributed by atoms with E-state index in [2.05, 4.69) is 41.0 Å². The number of carbonyl (C=O) groups is 4. The number of nitrogens with zero attached hydrogens (tertiary/aromatic N) is 7. The Hall–Kier alpha value is -2.99. The van der Waals surface area contributed by atoms with Gasteiger partial charge in [-0.05, 0) is 64.7 Å². The van der Waals surface area contributed by atoms with Crippen LogP contribution in [0.25, 0.3) is 11.2 Å². The van der Waals surface area contributed by atoms with Crippen LogP contribution in [-0.4, -0.2) is 173 Å². The molecule has 422 valence electrons. The number of fused-ring (bicyclic) bond motifs is 1. The summed E-state index contributed by atoms with van der Waals surface area (Å²) in [5, 5.41) is 10.5. The van der Waals surface area contributed by atoms with Crippen LogP contribution in [0.5, 0.6) is 0 Å². The number of aliphatic hydroxyl groups is 1. The number of piperidine rings is 1. The smallest absolute Gasteiger partial charge is 0.390 e. The molecule has 5 fully saturated rings. The van der Waals surface area contributed by atoms with Crippen molar-refractivity contribution in [2.24, 2.45) is 0 Å². The second-order valence-corrected chi connectivity index (χ2v) is 27.3. The highest BCUT2D eigenvalue weighted by Gasteiger charge is 2.51. The summed E-state index contributed by atoms with van der Waals surface area (Å²) in [4.78, 5) is 143. The first-order chi connectivity index (χ1) is 34.9. The van der Waals surface area contributed by atoms with Crippen molar-refractivity contribution < 1.29 is 116 Å². The topological polar surface area (TPSA) is 463 Å². The Bertz CT molecular complexity index is 2860. The van der Waals surface area contributed by atoms with Crippen LogP contribution in [0.3, 0.4) is 0 Å². The van der Waals surface area contributed by atoms with Crippen molar-refractivity contribution >= 4 is 81.7 Å². The van der Waals surface area contributed by atoms with Crippen molar-refractivity contribution in [2.75, 3.05) is 39.3 Å². The molecule has 0 radical (unpaired) electrons. The van der Waals surface area contributed by atoms with Gasteiger partial charge in [0.2, 0.25) is 23.6 Å². The summed E-state index contributed by atoms with van der Waals surface area (Å²) in [5.41, 5.74) is -0.606. The van der Waals surface area contributed by atoms with Gasteiger partial charge in [-0.3, -0.25) is 37.6 Å². The van der Waals surface area contributed by atoms with E-state index < -0.39 is 114 Å². The van der Waals surface area contributed by atoms with Gasteiger partial charge in [0.05, 0.1) is 25.1 Å². The number of aryl methyl sites for hydroxylation is 1. The van der Waals surface area contributed by atoms with E-state index >= 15 is 0 Å². The number of carbonyl (C=O) groups excluding carboxylic acids is 4. The van der Waals surface area contributed by atoms with Crippen molar-refractivity contribution in [1.82, 2.24) is 39.1 Å². The molecule has 0 aromatic carbocycles. The molecule has 5 aliphatic heterocycles. The number of hydrogen-bond donors (Lipinski definition) is 8. The number of aliphatic hydroxyl groups excluding tert-OH is 1. The Morgan fingerprint density at radius 1 is 0.693 bits per heavy atom. The Kier molecular flexibility index (Phi) is 18.6. The molecule has 0 bridgehead atoms. The van der Waals surface area contributed by atoms with Crippen LogP contribution in [0.15, 0.2) is 11.1 Å². The lowest BCUT2D eigenvalue weighted by Gasteiger charge is -2.37. The number of phosphoric ester groups is 2. The number of amides is 4. The minimum Gasteiger partial charge on any atom is -0.390 e. The maximum Gasteiger partial charge on any atom is 0.490 e. The highest BCUT2D eigenvalue weighted by molar-refractivity contribution is 7.72. The highest BCUT2D eigenvalue weighted by atomic mass is 31.3. The quantitative estimate of drug-likeness (QED) is 0.0822.